The number of pyridine rings is 3. The first-order valence-corrected chi connectivity index (χ1v) is 10.8. The Labute approximate surface area is 202 Å². The van der Waals surface area contributed by atoms with E-state index in [0.29, 0.717) is 17.0 Å². The molecule has 0 atom stereocenters. The predicted octanol–water partition coefficient (Wildman–Crippen LogP) is 4.95. The first kappa shape index (κ1) is 23.0. The van der Waals surface area contributed by atoms with Gasteiger partial charge in [0.05, 0.1) is 17.4 Å². The van der Waals surface area contributed by atoms with Gasteiger partial charge in [-0.15, -0.1) is 10.2 Å². The molecule has 0 aromatic carbocycles. The van der Waals surface area contributed by atoms with Gasteiger partial charge in [-0.1, -0.05) is 12.1 Å². The zero-order chi connectivity index (χ0) is 25.1. The minimum atomic E-state index is -4.69. The summed E-state index contributed by atoms with van der Waals surface area (Å²) in [6.45, 7) is 2.16. The molecule has 0 fully saturated rings. The minimum Gasteiger partial charge on any atom is -0.364 e. The van der Waals surface area contributed by atoms with E-state index in [2.05, 4.69) is 45.8 Å². The highest BCUT2D eigenvalue weighted by Gasteiger charge is 2.36. The molecule has 0 aliphatic rings. The van der Waals surface area contributed by atoms with Crippen LogP contribution in [0.3, 0.4) is 0 Å². The maximum Gasteiger partial charge on any atom is 0.418 e. The molecule has 0 spiro atoms. The summed E-state index contributed by atoms with van der Waals surface area (Å²) in [6, 6.07) is 9.81. The van der Waals surface area contributed by atoms with Gasteiger partial charge in [0.25, 0.3) is 0 Å². The van der Waals surface area contributed by atoms with Crippen molar-refractivity contribution in [1.82, 2.24) is 35.1 Å². The van der Waals surface area contributed by atoms with Crippen LogP contribution in [0.4, 0.5) is 30.5 Å². The summed E-state index contributed by atoms with van der Waals surface area (Å²) >= 11 is 0. The van der Waals surface area contributed by atoms with Gasteiger partial charge in [0.1, 0.15) is 28.5 Å². The van der Waals surface area contributed by atoms with Gasteiger partial charge < -0.3 is 10.6 Å². The quantitative estimate of drug-likeness (QED) is 0.342. The van der Waals surface area contributed by atoms with E-state index in [1.165, 1.54) is 12.4 Å². The number of nitrogens with zero attached hydrogens (tertiary/aromatic N) is 7. The summed E-state index contributed by atoms with van der Waals surface area (Å²) in [5, 5.41) is 13.7. The number of aryl methyl sites for hydroxylation is 1. The fourth-order valence-electron chi connectivity index (χ4n) is 3.39. The molecule has 0 saturated heterocycles. The monoisotopic (exact) mass is 489 g/mol. The van der Waals surface area contributed by atoms with E-state index in [9.17, 15) is 13.2 Å². The highest BCUT2D eigenvalue weighted by Crippen LogP contribution is 2.36. The summed E-state index contributed by atoms with van der Waals surface area (Å²) in [5.74, 6) is 0.553. The second kappa shape index (κ2) is 9.49. The van der Waals surface area contributed by atoms with Crippen LogP contribution in [0.1, 0.15) is 16.7 Å². The number of halogens is 3. The van der Waals surface area contributed by atoms with E-state index in [1.807, 2.05) is 13.0 Å². The van der Waals surface area contributed by atoms with Crippen molar-refractivity contribution in [3.63, 3.8) is 0 Å². The molecule has 5 rings (SSSR count). The first-order valence-electron chi connectivity index (χ1n) is 10.8. The number of hydrogen-bond donors (Lipinski definition) is 2. The van der Waals surface area contributed by atoms with Gasteiger partial charge in [0, 0.05) is 31.3 Å². The molecule has 0 bridgehead atoms. The van der Waals surface area contributed by atoms with Crippen LogP contribution in [0.2, 0.25) is 0 Å². The zero-order valence-electron chi connectivity index (χ0n) is 18.8. The summed E-state index contributed by atoms with van der Waals surface area (Å²) < 4.78 is 41.8. The Balaban J connectivity index is 1.47. The van der Waals surface area contributed by atoms with Crippen molar-refractivity contribution in [2.45, 2.75) is 19.6 Å². The normalized spacial score (nSPS) is 11.4. The average Bonchev–Trinajstić information content (AvgIpc) is 2.88. The maximum absolute atomic E-state index is 13.9. The molecule has 0 amide bonds. The lowest BCUT2D eigenvalue weighted by Crippen LogP contribution is -2.13. The largest absolute Gasteiger partial charge is 0.418 e. The molecule has 5 aromatic heterocycles. The molecule has 36 heavy (non-hydrogen) atoms. The molecule has 0 radical (unpaired) electrons. The Kier molecular flexibility index (Phi) is 6.07. The van der Waals surface area contributed by atoms with Crippen LogP contribution in [-0.2, 0) is 12.7 Å². The number of rotatable bonds is 6. The number of hydrogen-bond acceptors (Lipinski definition) is 9. The molecule has 9 nitrogen and oxygen atoms in total. The molecule has 0 aliphatic carbocycles. The maximum atomic E-state index is 13.9. The van der Waals surface area contributed by atoms with Crippen molar-refractivity contribution < 1.29 is 13.2 Å². The molecule has 0 unspecified atom stereocenters. The van der Waals surface area contributed by atoms with Crippen LogP contribution in [0.15, 0.2) is 67.4 Å². The summed E-state index contributed by atoms with van der Waals surface area (Å²) in [4.78, 5) is 21.1. The van der Waals surface area contributed by atoms with Crippen molar-refractivity contribution in [2.24, 2.45) is 0 Å². The van der Waals surface area contributed by atoms with E-state index in [0.717, 1.165) is 17.2 Å². The zero-order valence-corrected chi connectivity index (χ0v) is 18.8. The molecule has 180 valence electrons. The van der Waals surface area contributed by atoms with Crippen LogP contribution in [0.25, 0.3) is 22.6 Å². The van der Waals surface area contributed by atoms with E-state index in [4.69, 9.17) is 0 Å². The van der Waals surface area contributed by atoms with Crippen LogP contribution >= 0.6 is 0 Å². The van der Waals surface area contributed by atoms with Gasteiger partial charge in [-0.25, -0.2) is 19.9 Å². The van der Waals surface area contributed by atoms with Crippen molar-refractivity contribution in [3.8, 4) is 11.4 Å². The van der Waals surface area contributed by atoms with Gasteiger partial charge in [-0.3, -0.25) is 4.98 Å². The molecular formula is C24H18F3N9. The standard InChI is InChI=1S/C24H18F3N9/c1-14-4-5-19(30-10-14)33-17-6-8-29-23-22(17)32-13-18(34-23)21-16(24(25,26)27)9-20(35-36-21)31-12-15-3-2-7-28-11-15/h2-11,13H,12H2,1H3,(H,31,35)(H,29,30,33,34). The number of nitrogens with one attached hydrogen (secondary N) is 2. The second-order valence-electron chi connectivity index (χ2n) is 7.84. The smallest absolute Gasteiger partial charge is 0.364 e. The van der Waals surface area contributed by atoms with Crippen LogP contribution in [0, 0.1) is 6.92 Å². The summed E-state index contributed by atoms with van der Waals surface area (Å²) in [6.07, 6.45) is 2.94. The Morgan fingerprint density at radius 3 is 2.53 bits per heavy atom. The molecular weight excluding hydrogens is 471 g/mol. The number of anilines is 3. The van der Waals surface area contributed by atoms with Crippen LogP contribution in [0.5, 0.6) is 0 Å². The lowest BCUT2D eigenvalue weighted by molar-refractivity contribution is -0.137. The Morgan fingerprint density at radius 2 is 1.78 bits per heavy atom. The Morgan fingerprint density at radius 1 is 0.889 bits per heavy atom. The van der Waals surface area contributed by atoms with Crippen LogP contribution < -0.4 is 10.6 Å². The Bertz CT molecular complexity index is 1510. The predicted molar refractivity (Wildman–Crippen MR) is 127 cm³/mol. The Hall–Kier alpha value is -4.74. The van der Waals surface area contributed by atoms with Gasteiger partial charge >= 0.3 is 6.18 Å². The third-order valence-corrected chi connectivity index (χ3v) is 5.16. The minimum absolute atomic E-state index is 0.0288. The SMILES string of the molecule is Cc1ccc(Nc2ccnc3nc(-c4nnc(NCc5cccnc5)cc4C(F)(F)F)cnc23)nc1. The van der Waals surface area contributed by atoms with E-state index in [1.54, 1.807) is 42.9 Å². The highest BCUT2D eigenvalue weighted by atomic mass is 19.4. The average molecular weight is 489 g/mol. The van der Waals surface area contributed by atoms with E-state index < -0.39 is 17.4 Å². The van der Waals surface area contributed by atoms with Crippen molar-refractivity contribution >= 4 is 28.5 Å². The molecule has 0 saturated carbocycles. The lowest BCUT2D eigenvalue weighted by Gasteiger charge is -2.14. The number of alkyl halides is 3. The fraction of sp³-hybridized carbons (Fsp3) is 0.125. The van der Waals surface area contributed by atoms with Gasteiger partial charge in [-0.2, -0.15) is 13.2 Å². The fourth-order valence-corrected chi connectivity index (χ4v) is 3.39. The van der Waals surface area contributed by atoms with E-state index >= 15 is 0 Å². The second-order valence-corrected chi connectivity index (χ2v) is 7.84. The molecule has 0 aliphatic heterocycles. The highest BCUT2D eigenvalue weighted by molar-refractivity contribution is 5.87. The van der Waals surface area contributed by atoms with Gasteiger partial charge in [-0.05, 0) is 42.3 Å². The summed E-state index contributed by atoms with van der Waals surface area (Å²) in [5.41, 5.74) is 1.35. The number of aromatic nitrogens is 7. The van der Waals surface area contributed by atoms with Crippen molar-refractivity contribution in [3.05, 3.63) is 84.1 Å². The molecule has 2 N–H and O–H groups in total. The van der Waals surface area contributed by atoms with Gasteiger partial charge in [0.2, 0.25) is 0 Å². The van der Waals surface area contributed by atoms with Crippen molar-refractivity contribution in [2.75, 3.05) is 10.6 Å². The van der Waals surface area contributed by atoms with Crippen molar-refractivity contribution in [1.29, 1.82) is 0 Å². The van der Waals surface area contributed by atoms with Gasteiger partial charge in [0.15, 0.2) is 5.65 Å². The molecule has 5 heterocycles. The third kappa shape index (κ3) is 5.02. The van der Waals surface area contributed by atoms with Crippen LogP contribution in [-0.4, -0.2) is 35.1 Å². The topological polar surface area (TPSA) is 114 Å². The summed E-state index contributed by atoms with van der Waals surface area (Å²) in [7, 11) is 0. The molecule has 5 aromatic rings. The third-order valence-electron chi connectivity index (χ3n) is 5.16. The lowest BCUT2D eigenvalue weighted by atomic mass is 10.1. The van der Waals surface area contributed by atoms with E-state index in [-0.39, 0.29) is 23.7 Å². The number of fused-ring (bicyclic) bond motifs is 1. The molecule has 12 heteroatoms. The first-order chi connectivity index (χ1) is 17.4.